The average Bonchev–Trinajstić information content (AvgIpc) is 2.73. The summed E-state index contributed by atoms with van der Waals surface area (Å²) >= 11 is 0. The third-order valence-corrected chi connectivity index (χ3v) is 5.25. The molecule has 1 aliphatic carbocycles. The van der Waals surface area contributed by atoms with Gasteiger partial charge in [0.15, 0.2) is 11.5 Å². The van der Waals surface area contributed by atoms with Gasteiger partial charge < -0.3 is 14.8 Å². The Balaban J connectivity index is 1.54. The van der Waals surface area contributed by atoms with Gasteiger partial charge in [0.05, 0.1) is 18.4 Å². The summed E-state index contributed by atoms with van der Waals surface area (Å²) in [6, 6.07) is 11.3. The summed E-state index contributed by atoms with van der Waals surface area (Å²) in [6.45, 7) is 2.43. The van der Waals surface area contributed by atoms with E-state index in [1.54, 1.807) is 19.4 Å². The first-order chi connectivity index (χ1) is 13.2. The Morgan fingerprint density at radius 1 is 1.15 bits per heavy atom. The van der Waals surface area contributed by atoms with E-state index >= 15 is 0 Å². The fourth-order valence-corrected chi connectivity index (χ4v) is 3.58. The van der Waals surface area contributed by atoms with Crippen LogP contribution in [0.4, 0.5) is 0 Å². The molecule has 1 N–H and O–H groups in total. The maximum absolute atomic E-state index is 12.5. The number of hydrogen-bond acceptors (Lipinski definition) is 4. The third-order valence-electron chi connectivity index (χ3n) is 5.25. The Morgan fingerprint density at radius 3 is 2.56 bits per heavy atom. The van der Waals surface area contributed by atoms with Crippen molar-refractivity contribution < 1.29 is 14.3 Å². The Bertz CT molecular complexity index is 739. The van der Waals surface area contributed by atoms with Gasteiger partial charge in [-0.3, -0.25) is 9.78 Å². The average molecular weight is 368 g/mol. The minimum Gasteiger partial charge on any atom is -0.493 e. The van der Waals surface area contributed by atoms with Gasteiger partial charge in [-0.2, -0.15) is 0 Å². The molecule has 0 aliphatic heterocycles. The van der Waals surface area contributed by atoms with Crippen molar-refractivity contribution in [3.63, 3.8) is 0 Å². The SMILES string of the molecule is COc1ccccc1OCc1ccc(C(=O)NC(C)C2CCCCC2)cn1. The van der Waals surface area contributed by atoms with Crippen LogP contribution in [0.2, 0.25) is 0 Å². The van der Waals surface area contributed by atoms with Crippen molar-refractivity contribution in [1.29, 1.82) is 0 Å². The van der Waals surface area contributed by atoms with Gasteiger partial charge >= 0.3 is 0 Å². The maximum Gasteiger partial charge on any atom is 0.253 e. The smallest absolute Gasteiger partial charge is 0.253 e. The van der Waals surface area contributed by atoms with Crippen LogP contribution < -0.4 is 14.8 Å². The topological polar surface area (TPSA) is 60.5 Å². The Kier molecular flexibility index (Phi) is 6.69. The quantitative estimate of drug-likeness (QED) is 0.788. The number of aromatic nitrogens is 1. The number of carbonyl (C=O) groups excluding carboxylic acids is 1. The van der Waals surface area contributed by atoms with E-state index in [2.05, 4.69) is 17.2 Å². The second-order valence-corrected chi connectivity index (χ2v) is 7.14. The number of benzene rings is 1. The van der Waals surface area contributed by atoms with Gasteiger partial charge in [0, 0.05) is 12.2 Å². The fourth-order valence-electron chi connectivity index (χ4n) is 3.58. The molecule has 1 saturated carbocycles. The lowest BCUT2D eigenvalue weighted by atomic mass is 9.84. The van der Waals surface area contributed by atoms with E-state index in [0.29, 0.717) is 29.6 Å². The van der Waals surface area contributed by atoms with Crippen LogP contribution in [0.1, 0.15) is 55.1 Å². The molecule has 1 atom stereocenters. The molecule has 0 saturated heterocycles. The highest BCUT2D eigenvalue weighted by molar-refractivity contribution is 5.94. The maximum atomic E-state index is 12.5. The predicted molar refractivity (Wildman–Crippen MR) is 105 cm³/mol. The summed E-state index contributed by atoms with van der Waals surface area (Å²) < 4.78 is 11.0. The highest BCUT2D eigenvalue weighted by Crippen LogP contribution is 2.27. The molecule has 1 fully saturated rings. The molecule has 1 aliphatic rings. The summed E-state index contributed by atoms with van der Waals surface area (Å²) in [5.41, 5.74) is 1.34. The normalized spacial score (nSPS) is 15.8. The molecule has 1 unspecified atom stereocenters. The zero-order valence-corrected chi connectivity index (χ0v) is 16.1. The predicted octanol–water partition coefficient (Wildman–Crippen LogP) is 4.37. The van der Waals surface area contributed by atoms with Crippen LogP contribution in [0, 0.1) is 5.92 Å². The lowest BCUT2D eigenvalue weighted by Gasteiger charge is -2.28. The van der Waals surface area contributed by atoms with Crippen LogP contribution in [-0.4, -0.2) is 24.0 Å². The Hall–Kier alpha value is -2.56. The van der Waals surface area contributed by atoms with Gasteiger partial charge in [-0.15, -0.1) is 0 Å². The second kappa shape index (κ2) is 9.40. The molecule has 5 nitrogen and oxygen atoms in total. The van der Waals surface area contributed by atoms with Gasteiger partial charge in [0.1, 0.15) is 6.61 Å². The van der Waals surface area contributed by atoms with E-state index in [0.717, 1.165) is 5.69 Å². The number of nitrogens with zero attached hydrogens (tertiary/aromatic N) is 1. The minimum atomic E-state index is -0.0576. The molecule has 2 aromatic rings. The van der Waals surface area contributed by atoms with E-state index in [-0.39, 0.29) is 11.9 Å². The molecule has 1 amide bonds. The van der Waals surface area contributed by atoms with Gasteiger partial charge in [-0.1, -0.05) is 31.4 Å². The van der Waals surface area contributed by atoms with Gasteiger partial charge in [0.2, 0.25) is 0 Å². The molecule has 0 spiro atoms. The van der Waals surface area contributed by atoms with Gasteiger partial charge in [-0.25, -0.2) is 0 Å². The van der Waals surface area contributed by atoms with Crippen molar-refractivity contribution in [2.45, 2.75) is 51.7 Å². The van der Waals surface area contributed by atoms with Crippen molar-refractivity contribution in [2.75, 3.05) is 7.11 Å². The van der Waals surface area contributed by atoms with E-state index in [1.165, 1.54) is 32.1 Å². The second-order valence-electron chi connectivity index (χ2n) is 7.14. The standard InChI is InChI=1S/C22H28N2O3/c1-16(17-8-4-3-5-9-17)24-22(25)18-12-13-19(23-14-18)15-27-21-11-7-6-10-20(21)26-2/h6-7,10-14,16-17H,3-5,8-9,15H2,1-2H3,(H,24,25). The van der Waals surface area contributed by atoms with Gasteiger partial charge in [0.25, 0.3) is 5.91 Å². The lowest BCUT2D eigenvalue weighted by Crippen LogP contribution is -2.38. The number of amides is 1. The van der Waals surface area contributed by atoms with Crippen LogP contribution in [-0.2, 0) is 6.61 Å². The monoisotopic (exact) mass is 368 g/mol. The number of hydrogen-bond donors (Lipinski definition) is 1. The summed E-state index contributed by atoms with van der Waals surface area (Å²) in [7, 11) is 1.61. The Labute approximate surface area is 161 Å². The van der Waals surface area contributed by atoms with Crippen molar-refractivity contribution in [2.24, 2.45) is 5.92 Å². The molecule has 1 aromatic carbocycles. The molecule has 1 heterocycles. The molecular weight excluding hydrogens is 340 g/mol. The zero-order valence-electron chi connectivity index (χ0n) is 16.1. The van der Waals surface area contributed by atoms with Crippen LogP contribution in [0.15, 0.2) is 42.6 Å². The summed E-state index contributed by atoms with van der Waals surface area (Å²) in [5, 5.41) is 3.13. The van der Waals surface area contributed by atoms with Crippen molar-refractivity contribution in [1.82, 2.24) is 10.3 Å². The molecule has 3 rings (SSSR count). The molecule has 1 aromatic heterocycles. The summed E-state index contributed by atoms with van der Waals surface area (Å²) in [5.74, 6) is 1.89. The molecule has 0 radical (unpaired) electrons. The summed E-state index contributed by atoms with van der Waals surface area (Å²) in [6.07, 6.45) is 7.89. The van der Waals surface area contributed by atoms with Crippen molar-refractivity contribution in [3.8, 4) is 11.5 Å². The van der Waals surface area contributed by atoms with E-state index in [9.17, 15) is 4.79 Å². The fraction of sp³-hybridized carbons (Fsp3) is 0.455. The minimum absolute atomic E-state index is 0.0576. The number of methoxy groups -OCH3 is 1. The number of rotatable bonds is 7. The molecule has 27 heavy (non-hydrogen) atoms. The van der Waals surface area contributed by atoms with Gasteiger partial charge in [-0.05, 0) is 49.9 Å². The third kappa shape index (κ3) is 5.22. The Morgan fingerprint density at radius 2 is 1.89 bits per heavy atom. The van der Waals surface area contributed by atoms with Crippen LogP contribution in [0.3, 0.4) is 0 Å². The highest BCUT2D eigenvalue weighted by Gasteiger charge is 2.21. The zero-order chi connectivity index (χ0) is 19.1. The highest BCUT2D eigenvalue weighted by atomic mass is 16.5. The molecular formula is C22H28N2O3. The van der Waals surface area contributed by atoms with E-state index in [1.807, 2.05) is 30.3 Å². The van der Waals surface area contributed by atoms with Crippen LogP contribution in [0.5, 0.6) is 11.5 Å². The first-order valence-corrected chi connectivity index (χ1v) is 9.69. The van der Waals surface area contributed by atoms with E-state index < -0.39 is 0 Å². The van der Waals surface area contributed by atoms with E-state index in [4.69, 9.17) is 9.47 Å². The molecule has 144 valence electrons. The molecule has 0 bridgehead atoms. The van der Waals surface area contributed by atoms with Crippen LogP contribution in [0.25, 0.3) is 0 Å². The van der Waals surface area contributed by atoms with Crippen molar-refractivity contribution in [3.05, 3.63) is 53.9 Å². The van der Waals surface area contributed by atoms with Crippen molar-refractivity contribution >= 4 is 5.91 Å². The first kappa shape index (κ1) is 19.2. The number of pyridine rings is 1. The largest absolute Gasteiger partial charge is 0.493 e. The lowest BCUT2D eigenvalue weighted by molar-refractivity contribution is 0.0919. The number of para-hydroxylation sites is 2. The molecule has 5 heteroatoms. The first-order valence-electron chi connectivity index (χ1n) is 9.69. The number of ether oxygens (including phenoxy) is 2. The number of carbonyl (C=O) groups is 1. The summed E-state index contributed by atoms with van der Waals surface area (Å²) in [4.78, 5) is 16.8. The number of nitrogens with one attached hydrogen (secondary N) is 1. The van der Waals surface area contributed by atoms with Crippen LogP contribution >= 0.6 is 0 Å².